The second kappa shape index (κ2) is 14.4. The minimum Gasteiger partial charge on any atom is -0.294 e. The van der Waals surface area contributed by atoms with E-state index in [1.807, 2.05) is 78.9 Å². The summed E-state index contributed by atoms with van der Waals surface area (Å²) in [4.78, 5) is 25.4. The van der Waals surface area contributed by atoms with Crippen molar-refractivity contribution < 1.29 is 0 Å². The Morgan fingerprint density at radius 2 is 0.763 bits per heavy atom. The Hall–Kier alpha value is -8.09. The third-order valence-corrected chi connectivity index (χ3v) is 10.8. The summed E-state index contributed by atoms with van der Waals surface area (Å²) in [5.74, 6) is 3.35. The zero-order valence-corrected chi connectivity index (χ0v) is 31.8. The molecule has 6 nitrogen and oxygen atoms in total. The second-order valence-electron chi connectivity index (χ2n) is 14.5. The van der Waals surface area contributed by atoms with E-state index in [1.165, 1.54) is 21.5 Å². The first kappa shape index (κ1) is 34.2. The molecule has 0 aliphatic rings. The molecule has 3 heterocycles. The third kappa shape index (κ3) is 6.29. The van der Waals surface area contributed by atoms with Crippen LogP contribution in [0.15, 0.2) is 206 Å². The number of rotatable bonds is 7. The van der Waals surface area contributed by atoms with Gasteiger partial charge in [0.1, 0.15) is 5.82 Å². The fourth-order valence-electron chi connectivity index (χ4n) is 8.03. The minimum absolute atomic E-state index is 0.614. The monoisotopic (exact) mass is 754 g/mol. The number of benzene rings is 8. The van der Waals surface area contributed by atoms with E-state index >= 15 is 0 Å². The van der Waals surface area contributed by atoms with Crippen molar-refractivity contribution in [2.75, 3.05) is 0 Å². The quantitative estimate of drug-likeness (QED) is 0.162. The van der Waals surface area contributed by atoms with Crippen LogP contribution in [0.5, 0.6) is 0 Å². The summed E-state index contributed by atoms with van der Waals surface area (Å²) in [6.45, 7) is 0. The van der Waals surface area contributed by atoms with Crippen LogP contribution in [0.4, 0.5) is 0 Å². The third-order valence-electron chi connectivity index (χ3n) is 10.8. The van der Waals surface area contributed by atoms with Gasteiger partial charge in [-0.2, -0.15) is 0 Å². The molecule has 11 aromatic rings. The van der Waals surface area contributed by atoms with Gasteiger partial charge in [-0.15, -0.1) is 0 Å². The van der Waals surface area contributed by atoms with E-state index in [0.29, 0.717) is 23.3 Å². The van der Waals surface area contributed by atoms with Crippen LogP contribution in [0, 0.1) is 0 Å². The van der Waals surface area contributed by atoms with Crippen LogP contribution in [0.2, 0.25) is 0 Å². The van der Waals surface area contributed by atoms with Crippen LogP contribution in [-0.2, 0) is 0 Å². The Balaban J connectivity index is 1.05. The predicted octanol–water partition coefficient (Wildman–Crippen LogP) is 12.9. The van der Waals surface area contributed by atoms with E-state index in [4.69, 9.17) is 24.9 Å². The molecule has 0 unspecified atom stereocenters. The maximum absolute atomic E-state index is 5.27. The molecular weight excluding hydrogens is 721 g/mol. The highest BCUT2D eigenvalue weighted by molar-refractivity contribution is 6.21. The summed E-state index contributed by atoms with van der Waals surface area (Å²) in [5, 5.41) is 4.83. The van der Waals surface area contributed by atoms with Gasteiger partial charge >= 0.3 is 0 Å². The van der Waals surface area contributed by atoms with Crippen molar-refractivity contribution >= 4 is 32.6 Å². The van der Waals surface area contributed by atoms with Crippen LogP contribution >= 0.6 is 0 Å². The molecule has 0 N–H and O–H groups in total. The van der Waals surface area contributed by atoms with Gasteiger partial charge in [-0.05, 0) is 46.2 Å². The summed E-state index contributed by atoms with van der Waals surface area (Å²) < 4.78 is 2.28. The number of fused-ring (bicyclic) bond motifs is 5. The largest absolute Gasteiger partial charge is 0.294 e. The van der Waals surface area contributed by atoms with E-state index in [1.54, 1.807) is 0 Å². The Morgan fingerprint density at radius 3 is 1.41 bits per heavy atom. The zero-order chi connectivity index (χ0) is 39.1. The summed E-state index contributed by atoms with van der Waals surface area (Å²) in [7, 11) is 0. The van der Waals surface area contributed by atoms with Gasteiger partial charge in [-0.25, -0.2) is 24.9 Å². The summed E-state index contributed by atoms with van der Waals surface area (Å²) in [6.07, 6.45) is 0. The molecule has 59 heavy (non-hydrogen) atoms. The van der Waals surface area contributed by atoms with Crippen molar-refractivity contribution in [3.05, 3.63) is 206 Å². The standard InChI is InChI=1S/C53H34N6/c1-4-17-36(18-5-1)50-54-45(34-48(55-50)59-46-29-13-12-28-44(46)49-43-27-11-10-16-35(43)30-31-47(49)59)41-25-14-23-39(32-41)40-24-15-26-42(33-40)53-57-51(37-19-6-2-7-20-37)56-52(58-53)38-21-8-3-9-22-38/h1-34H. The molecule has 11 rings (SSSR count). The molecule has 0 amide bonds. The highest BCUT2D eigenvalue weighted by Crippen LogP contribution is 2.38. The molecule has 0 bridgehead atoms. The number of nitrogens with zero attached hydrogens (tertiary/aromatic N) is 6. The van der Waals surface area contributed by atoms with Crippen LogP contribution < -0.4 is 0 Å². The van der Waals surface area contributed by atoms with Gasteiger partial charge in [0.2, 0.25) is 0 Å². The Kier molecular flexibility index (Phi) is 8.37. The zero-order valence-electron chi connectivity index (χ0n) is 31.8. The van der Waals surface area contributed by atoms with E-state index in [2.05, 4.69) is 132 Å². The summed E-state index contributed by atoms with van der Waals surface area (Å²) in [6, 6.07) is 71.0. The van der Waals surface area contributed by atoms with Gasteiger partial charge in [-0.3, -0.25) is 4.57 Å². The fraction of sp³-hybridized carbons (Fsp3) is 0. The van der Waals surface area contributed by atoms with Gasteiger partial charge in [0.25, 0.3) is 0 Å². The molecule has 0 spiro atoms. The lowest BCUT2D eigenvalue weighted by atomic mass is 9.99. The highest BCUT2D eigenvalue weighted by atomic mass is 15.1. The average Bonchev–Trinajstić information content (AvgIpc) is 3.67. The molecule has 6 heteroatoms. The molecule has 0 radical (unpaired) electrons. The minimum atomic E-state index is 0.614. The second-order valence-corrected chi connectivity index (χ2v) is 14.5. The summed E-state index contributed by atoms with van der Waals surface area (Å²) >= 11 is 0. The molecule has 276 valence electrons. The number of hydrogen-bond acceptors (Lipinski definition) is 5. The van der Waals surface area contributed by atoms with E-state index < -0.39 is 0 Å². The molecule has 3 aromatic heterocycles. The van der Waals surface area contributed by atoms with Crippen molar-refractivity contribution in [1.29, 1.82) is 0 Å². The fourth-order valence-corrected chi connectivity index (χ4v) is 8.03. The lowest BCUT2D eigenvalue weighted by Crippen LogP contribution is -2.02. The Morgan fingerprint density at radius 1 is 0.288 bits per heavy atom. The maximum Gasteiger partial charge on any atom is 0.164 e. The first-order valence-electron chi connectivity index (χ1n) is 19.7. The van der Waals surface area contributed by atoms with Crippen molar-refractivity contribution in [2.45, 2.75) is 0 Å². The van der Waals surface area contributed by atoms with Crippen molar-refractivity contribution in [2.24, 2.45) is 0 Å². The van der Waals surface area contributed by atoms with E-state index in [-0.39, 0.29) is 0 Å². The first-order chi connectivity index (χ1) is 29.2. The smallest absolute Gasteiger partial charge is 0.164 e. The molecule has 0 saturated heterocycles. The van der Waals surface area contributed by atoms with Crippen LogP contribution in [0.1, 0.15) is 0 Å². The van der Waals surface area contributed by atoms with Crippen LogP contribution in [-0.4, -0.2) is 29.5 Å². The lowest BCUT2D eigenvalue weighted by molar-refractivity contribution is 1.05. The van der Waals surface area contributed by atoms with Gasteiger partial charge in [-0.1, -0.05) is 176 Å². The molecule has 8 aromatic carbocycles. The lowest BCUT2D eigenvalue weighted by Gasteiger charge is -2.13. The molecule has 0 atom stereocenters. The molecule has 0 aliphatic heterocycles. The van der Waals surface area contributed by atoms with Gasteiger partial charge in [0, 0.05) is 44.7 Å². The highest BCUT2D eigenvalue weighted by Gasteiger charge is 2.19. The normalized spacial score (nSPS) is 11.4. The molecule has 0 aliphatic carbocycles. The van der Waals surface area contributed by atoms with Crippen LogP contribution in [0.3, 0.4) is 0 Å². The number of aromatic nitrogens is 6. The Labute approximate surface area is 340 Å². The molecule has 0 fully saturated rings. The SMILES string of the molecule is c1ccc(-c2nc(-c3cccc(-c4cccc(-c5nc(-c6ccccc6)nc(-c6ccccc6)n5)c4)c3)cc(-n3c4ccccc4c4c5ccccc5ccc43)n2)cc1. The van der Waals surface area contributed by atoms with Crippen LogP contribution in [0.25, 0.3) is 106 Å². The van der Waals surface area contributed by atoms with Gasteiger partial charge in [0.05, 0.1) is 16.7 Å². The molecule has 0 saturated carbocycles. The topological polar surface area (TPSA) is 69.4 Å². The van der Waals surface area contributed by atoms with Crippen molar-refractivity contribution in [1.82, 2.24) is 29.5 Å². The number of para-hydroxylation sites is 1. The van der Waals surface area contributed by atoms with E-state index in [0.717, 1.165) is 61.5 Å². The average molecular weight is 755 g/mol. The summed E-state index contributed by atoms with van der Waals surface area (Å²) in [5.41, 5.74) is 9.83. The van der Waals surface area contributed by atoms with E-state index in [9.17, 15) is 0 Å². The van der Waals surface area contributed by atoms with Crippen molar-refractivity contribution in [3.8, 4) is 73.8 Å². The van der Waals surface area contributed by atoms with Gasteiger partial charge < -0.3 is 0 Å². The molecular formula is C53H34N6. The van der Waals surface area contributed by atoms with Gasteiger partial charge in [0.15, 0.2) is 23.3 Å². The predicted molar refractivity (Wildman–Crippen MR) is 240 cm³/mol. The Bertz CT molecular complexity index is 3270. The number of hydrogen-bond donors (Lipinski definition) is 0. The van der Waals surface area contributed by atoms with Crippen molar-refractivity contribution in [3.63, 3.8) is 0 Å². The first-order valence-corrected chi connectivity index (χ1v) is 19.7. The maximum atomic E-state index is 5.27.